The number of rotatable bonds is 3. The zero-order valence-corrected chi connectivity index (χ0v) is 16.1. The number of carbonyl (C=O) groups is 3. The summed E-state index contributed by atoms with van der Waals surface area (Å²) in [5.41, 5.74) is 0.561. The number of nitriles is 1. The van der Waals surface area contributed by atoms with Crippen molar-refractivity contribution in [2.45, 2.75) is 25.4 Å². The molecule has 0 saturated carbocycles. The van der Waals surface area contributed by atoms with E-state index in [1.54, 1.807) is 29.2 Å². The minimum absolute atomic E-state index is 0.0583. The summed E-state index contributed by atoms with van der Waals surface area (Å²) in [6, 6.07) is 8.80. The summed E-state index contributed by atoms with van der Waals surface area (Å²) < 4.78 is 5.56. The molecule has 0 radical (unpaired) electrons. The number of amides is 1. The first kappa shape index (κ1) is 21.4. The highest BCUT2D eigenvalue weighted by Gasteiger charge is 2.50. The lowest BCUT2D eigenvalue weighted by molar-refractivity contribution is -0.150. The van der Waals surface area contributed by atoms with E-state index in [1.165, 1.54) is 0 Å². The zero-order valence-electron chi connectivity index (χ0n) is 16.1. The van der Waals surface area contributed by atoms with Gasteiger partial charge < -0.3 is 19.6 Å². The second-order valence-electron chi connectivity index (χ2n) is 7.36. The lowest BCUT2D eigenvalue weighted by Gasteiger charge is -2.36. The number of cyclic esters (lactones) is 1. The quantitative estimate of drug-likeness (QED) is 0.616. The van der Waals surface area contributed by atoms with Gasteiger partial charge in [-0.3, -0.25) is 14.4 Å². The number of piperidine rings is 1. The number of benzene rings is 1. The van der Waals surface area contributed by atoms with Crippen molar-refractivity contribution in [2.75, 3.05) is 33.7 Å². The van der Waals surface area contributed by atoms with Crippen LogP contribution in [0.3, 0.4) is 0 Å². The Hall–Kier alpha value is -2.92. The van der Waals surface area contributed by atoms with Gasteiger partial charge in [0.15, 0.2) is 0 Å². The Bertz CT molecular complexity index is 763. The Morgan fingerprint density at radius 3 is 2.64 bits per heavy atom. The number of likely N-dealkylation sites (tertiary alicyclic amines) is 1. The SMILES string of the molecule is CN(C)CC1CC2(CCN(C(=O)c3cccc(C#N)c3)CC2)C(=O)O1.O=CO. The van der Waals surface area contributed by atoms with Crippen molar-refractivity contribution in [3.8, 4) is 6.07 Å². The molecule has 2 aliphatic heterocycles. The minimum atomic E-state index is -0.439. The van der Waals surface area contributed by atoms with Crippen molar-refractivity contribution in [1.82, 2.24) is 9.80 Å². The molecule has 1 amide bonds. The third-order valence-corrected chi connectivity index (χ3v) is 5.14. The van der Waals surface area contributed by atoms with Crippen LogP contribution in [0.4, 0.5) is 0 Å². The topological polar surface area (TPSA) is 111 Å². The molecule has 1 spiro atoms. The molecular formula is C20H25N3O5. The predicted octanol–water partition coefficient (Wildman–Crippen LogP) is 1.36. The highest BCUT2D eigenvalue weighted by atomic mass is 16.6. The molecule has 0 bridgehead atoms. The van der Waals surface area contributed by atoms with Crippen LogP contribution >= 0.6 is 0 Å². The standard InChI is InChI=1S/C19H23N3O3.CH2O2/c1-21(2)13-16-11-19(18(24)25-16)6-8-22(9-7-19)17(23)15-5-3-4-14(10-15)12-20;2-1-3/h3-5,10,16H,6-9,11,13H2,1-2H3;1H,(H,2,3). The molecule has 0 aromatic heterocycles. The van der Waals surface area contributed by atoms with E-state index in [2.05, 4.69) is 6.07 Å². The molecule has 1 aromatic carbocycles. The van der Waals surface area contributed by atoms with Gasteiger partial charge in [-0.2, -0.15) is 5.26 Å². The summed E-state index contributed by atoms with van der Waals surface area (Å²) >= 11 is 0. The molecule has 1 aromatic rings. The molecule has 8 heteroatoms. The number of ether oxygens (including phenoxy) is 1. The van der Waals surface area contributed by atoms with Crippen LogP contribution in [0.2, 0.25) is 0 Å². The van der Waals surface area contributed by atoms with Crippen LogP contribution in [0, 0.1) is 16.7 Å². The number of nitrogens with zero attached hydrogens (tertiary/aromatic N) is 3. The van der Waals surface area contributed by atoms with Gasteiger partial charge in [-0.05, 0) is 45.1 Å². The Balaban J connectivity index is 0.000000878. The monoisotopic (exact) mass is 387 g/mol. The van der Waals surface area contributed by atoms with E-state index in [9.17, 15) is 9.59 Å². The molecule has 0 aliphatic carbocycles. The van der Waals surface area contributed by atoms with Crippen LogP contribution in [-0.4, -0.2) is 73.1 Å². The van der Waals surface area contributed by atoms with E-state index < -0.39 is 5.41 Å². The van der Waals surface area contributed by atoms with Crippen LogP contribution in [0.5, 0.6) is 0 Å². The van der Waals surface area contributed by atoms with E-state index in [0.717, 1.165) is 13.0 Å². The summed E-state index contributed by atoms with van der Waals surface area (Å²) in [5.74, 6) is -0.193. The van der Waals surface area contributed by atoms with Gasteiger partial charge in [0.1, 0.15) is 6.10 Å². The van der Waals surface area contributed by atoms with Crippen molar-refractivity contribution in [3.63, 3.8) is 0 Å². The summed E-state index contributed by atoms with van der Waals surface area (Å²) in [6.07, 6.45) is 1.95. The smallest absolute Gasteiger partial charge is 0.312 e. The molecule has 28 heavy (non-hydrogen) atoms. The molecular weight excluding hydrogens is 362 g/mol. The Kier molecular flexibility index (Phi) is 7.12. The van der Waals surface area contributed by atoms with Crippen molar-refractivity contribution in [1.29, 1.82) is 5.26 Å². The second-order valence-corrected chi connectivity index (χ2v) is 7.36. The van der Waals surface area contributed by atoms with Crippen LogP contribution in [-0.2, 0) is 14.3 Å². The van der Waals surface area contributed by atoms with Gasteiger partial charge in [-0.25, -0.2) is 0 Å². The van der Waals surface area contributed by atoms with Crippen LogP contribution in [0.15, 0.2) is 24.3 Å². The number of likely N-dealkylation sites (N-methyl/N-ethyl adjacent to an activating group) is 1. The van der Waals surface area contributed by atoms with Crippen LogP contribution in [0.25, 0.3) is 0 Å². The van der Waals surface area contributed by atoms with Crippen molar-refractivity contribution < 1.29 is 24.2 Å². The normalized spacial score (nSPS) is 20.1. The zero-order chi connectivity index (χ0) is 20.7. The molecule has 150 valence electrons. The molecule has 1 unspecified atom stereocenters. The molecule has 2 aliphatic rings. The second kappa shape index (κ2) is 9.33. The third-order valence-electron chi connectivity index (χ3n) is 5.14. The van der Waals surface area contributed by atoms with Gasteiger partial charge in [-0.1, -0.05) is 6.07 Å². The molecule has 2 saturated heterocycles. The fraction of sp³-hybridized carbons (Fsp3) is 0.500. The van der Waals surface area contributed by atoms with E-state index in [1.807, 2.05) is 19.0 Å². The van der Waals surface area contributed by atoms with Crippen LogP contribution in [0.1, 0.15) is 35.2 Å². The maximum atomic E-state index is 12.7. The summed E-state index contributed by atoms with van der Waals surface area (Å²) in [4.78, 5) is 37.2. The maximum absolute atomic E-state index is 12.7. The van der Waals surface area contributed by atoms with Crippen molar-refractivity contribution in [2.24, 2.45) is 5.41 Å². The largest absolute Gasteiger partial charge is 0.483 e. The van der Waals surface area contributed by atoms with Gasteiger partial charge in [0, 0.05) is 31.6 Å². The molecule has 1 N–H and O–H groups in total. The van der Waals surface area contributed by atoms with Gasteiger partial charge in [0.2, 0.25) is 0 Å². The molecule has 3 rings (SSSR count). The number of carbonyl (C=O) groups excluding carboxylic acids is 2. The fourth-order valence-electron chi connectivity index (χ4n) is 3.80. The fourth-order valence-corrected chi connectivity index (χ4v) is 3.80. The molecule has 8 nitrogen and oxygen atoms in total. The first-order valence-corrected chi connectivity index (χ1v) is 9.08. The first-order valence-electron chi connectivity index (χ1n) is 9.08. The summed E-state index contributed by atoms with van der Waals surface area (Å²) in [6.45, 7) is 1.57. The van der Waals surface area contributed by atoms with E-state index >= 15 is 0 Å². The summed E-state index contributed by atoms with van der Waals surface area (Å²) in [5, 5.41) is 15.9. The highest BCUT2D eigenvalue weighted by molar-refractivity contribution is 5.94. The van der Waals surface area contributed by atoms with Gasteiger partial charge in [0.25, 0.3) is 12.4 Å². The molecule has 2 heterocycles. The molecule has 1 atom stereocenters. The third kappa shape index (κ3) is 4.87. The van der Waals surface area contributed by atoms with Gasteiger partial charge in [-0.15, -0.1) is 0 Å². The minimum Gasteiger partial charge on any atom is -0.483 e. The van der Waals surface area contributed by atoms with E-state index in [-0.39, 0.29) is 24.5 Å². The Morgan fingerprint density at radius 1 is 1.43 bits per heavy atom. The lowest BCUT2D eigenvalue weighted by Crippen LogP contribution is -2.45. The van der Waals surface area contributed by atoms with Crippen LogP contribution < -0.4 is 0 Å². The lowest BCUT2D eigenvalue weighted by atomic mass is 9.76. The highest BCUT2D eigenvalue weighted by Crippen LogP contribution is 2.43. The van der Waals surface area contributed by atoms with Crippen molar-refractivity contribution >= 4 is 18.3 Å². The van der Waals surface area contributed by atoms with Gasteiger partial charge >= 0.3 is 5.97 Å². The first-order chi connectivity index (χ1) is 13.3. The van der Waals surface area contributed by atoms with Crippen molar-refractivity contribution in [3.05, 3.63) is 35.4 Å². The number of carboxylic acid groups (broad SMARTS) is 1. The molecule has 2 fully saturated rings. The summed E-state index contributed by atoms with van der Waals surface area (Å²) in [7, 11) is 3.94. The van der Waals surface area contributed by atoms with E-state index in [0.29, 0.717) is 37.1 Å². The number of hydrogen-bond acceptors (Lipinski definition) is 6. The Labute approximate surface area is 164 Å². The average Bonchev–Trinajstić information content (AvgIpc) is 2.96. The number of hydrogen-bond donors (Lipinski definition) is 1. The van der Waals surface area contributed by atoms with E-state index in [4.69, 9.17) is 19.9 Å². The number of esters is 1. The average molecular weight is 387 g/mol. The van der Waals surface area contributed by atoms with Gasteiger partial charge in [0.05, 0.1) is 17.0 Å². The predicted molar refractivity (Wildman–Crippen MR) is 100 cm³/mol. The Morgan fingerprint density at radius 2 is 2.07 bits per heavy atom. The maximum Gasteiger partial charge on any atom is 0.312 e.